The van der Waals surface area contributed by atoms with Crippen LogP contribution in [0.5, 0.6) is 5.75 Å². The second-order valence-electron chi connectivity index (χ2n) is 5.36. The molecule has 0 fully saturated rings. The van der Waals surface area contributed by atoms with Gasteiger partial charge in [0.05, 0.1) is 6.42 Å². The van der Waals surface area contributed by atoms with Gasteiger partial charge in [0.25, 0.3) is 0 Å². The molecule has 0 aliphatic heterocycles. The second kappa shape index (κ2) is 7.58. The third-order valence-corrected chi connectivity index (χ3v) is 3.69. The van der Waals surface area contributed by atoms with Gasteiger partial charge in [0.2, 0.25) is 0 Å². The first-order chi connectivity index (χ1) is 11.0. The number of carbonyl (C=O) groups excluding carboxylic acids is 1. The summed E-state index contributed by atoms with van der Waals surface area (Å²) in [6.45, 7) is 3.93. The molecule has 0 atom stereocenters. The summed E-state index contributed by atoms with van der Waals surface area (Å²) < 4.78 is 5.79. The minimum absolute atomic E-state index is 0.149. The third-order valence-electron chi connectivity index (χ3n) is 3.69. The highest BCUT2D eigenvalue weighted by molar-refractivity contribution is 5.96. The summed E-state index contributed by atoms with van der Waals surface area (Å²) in [5, 5.41) is 8.99. The average Bonchev–Trinajstić information content (AvgIpc) is 2.52. The highest BCUT2D eigenvalue weighted by Gasteiger charge is 2.12. The molecular weight excluding hydrogens is 292 g/mol. The largest absolute Gasteiger partial charge is 0.489 e. The van der Waals surface area contributed by atoms with Crippen molar-refractivity contribution in [1.29, 1.82) is 0 Å². The molecule has 0 spiro atoms. The molecule has 0 aliphatic rings. The van der Waals surface area contributed by atoms with Crippen LogP contribution in [0.2, 0.25) is 0 Å². The SMILES string of the molecule is CCc1ccccc1COc1ccc(C(C)=O)c(CC(=O)O)c1. The van der Waals surface area contributed by atoms with Gasteiger partial charge in [0.15, 0.2) is 5.78 Å². The molecule has 0 aliphatic carbocycles. The van der Waals surface area contributed by atoms with Gasteiger partial charge in [0, 0.05) is 5.56 Å². The number of hydrogen-bond donors (Lipinski definition) is 1. The van der Waals surface area contributed by atoms with Crippen LogP contribution in [-0.4, -0.2) is 16.9 Å². The smallest absolute Gasteiger partial charge is 0.307 e. The van der Waals surface area contributed by atoms with Crippen LogP contribution in [-0.2, 0) is 24.2 Å². The molecule has 4 nitrogen and oxygen atoms in total. The first kappa shape index (κ1) is 16.7. The minimum atomic E-state index is -0.971. The van der Waals surface area contributed by atoms with Crippen molar-refractivity contribution >= 4 is 11.8 Å². The molecule has 2 aromatic rings. The van der Waals surface area contributed by atoms with Gasteiger partial charge in [-0.2, -0.15) is 0 Å². The van der Waals surface area contributed by atoms with Gasteiger partial charge in [-0.05, 0) is 48.2 Å². The molecule has 0 radical (unpaired) electrons. The molecule has 4 heteroatoms. The van der Waals surface area contributed by atoms with Crippen molar-refractivity contribution in [3.8, 4) is 5.75 Å². The second-order valence-corrected chi connectivity index (χ2v) is 5.36. The monoisotopic (exact) mass is 312 g/mol. The van der Waals surface area contributed by atoms with Crippen LogP contribution in [0.25, 0.3) is 0 Å². The average molecular weight is 312 g/mol. The number of benzene rings is 2. The van der Waals surface area contributed by atoms with Crippen molar-refractivity contribution in [2.75, 3.05) is 0 Å². The van der Waals surface area contributed by atoms with Gasteiger partial charge in [-0.15, -0.1) is 0 Å². The van der Waals surface area contributed by atoms with Crippen molar-refractivity contribution in [3.63, 3.8) is 0 Å². The van der Waals surface area contributed by atoms with Crippen molar-refractivity contribution in [2.24, 2.45) is 0 Å². The van der Waals surface area contributed by atoms with Crippen LogP contribution in [0, 0.1) is 0 Å². The van der Waals surface area contributed by atoms with E-state index in [0.717, 1.165) is 12.0 Å². The van der Waals surface area contributed by atoms with E-state index in [0.29, 0.717) is 23.5 Å². The third kappa shape index (κ3) is 4.42. The van der Waals surface area contributed by atoms with E-state index in [4.69, 9.17) is 9.84 Å². The molecule has 0 heterocycles. The van der Waals surface area contributed by atoms with Gasteiger partial charge in [-0.3, -0.25) is 9.59 Å². The fraction of sp³-hybridized carbons (Fsp3) is 0.263. The number of ketones is 1. The van der Waals surface area contributed by atoms with Crippen molar-refractivity contribution < 1.29 is 19.4 Å². The van der Waals surface area contributed by atoms with E-state index in [1.54, 1.807) is 18.2 Å². The predicted molar refractivity (Wildman–Crippen MR) is 87.9 cm³/mol. The Hall–Kier alpha value is -2.62. The van der Waals surface area contributed by atoms with E-state index in [9.17, 15) is 9.59 Å². The predicted octanol–water partition coefficient (Wildman–Crippen LogP) is 3.66. The lowest BCUT2D eigenvalue weighted by atomic mass is 10.0. The number of carboxylic acid groups (broad SMARTS) is 1. The first-order valence-electron chi connectivity index (χ1n) is 7.56. The topological polar surface area (TPSA) is 63.6 Å². The number of rotatable bonds is 7. The zero-order valence-corrected chi connectivity index (χ0v) is 13.3. The molecule has 2 rings (SSSR count). The highest BCUT2D eigenvalue weighted by atomic mass is 16.5. The Balaban J connectivity index is 2.20. The molecule has 0 saturated heterocycles. The van der Waals surface area contributed by atoms with Crippen LogP contribution < -0.4 is 4.74 Å². The van der Waals surface area contributed by atoms with E-state index in [1.165, 1.54) is 12.5 Å². The van der Waals surface area contributed by atoms with Gasteiger partial charge in [0.1, 0.15) is 12.4 Å². The van der Waals surface area contributed by atoms with Crippen molar-refractivity contribution in [1.82, 2.24) is 0 Å². The number of aryl methyl sites for hydroxylation is 1. The van der Waals surface area contributed by atoms with E-state index in [2.05, 4.69) is 13.0 Å². The maximum Gasteiger partial charge on any atom is 0.307 e. The van der Waals surface area contributed by atoms with Gasteiger partial charge >= 0.3 is 5.97 Å². The van der Waals surface area contributed by atoms with Gasteiger partial charge in [-0.25, -0.2) is 0 Å². The zero-order valence-electron chi connectivity index (χ0n) is 13.3. The van der Waals surface area contributed by atoms with Crippen molar-refractivity contribution in [3.05, 3.63) is 64.7 Å². The molecule has 0 aromatic heterocycles. The lowest BCUT2D eigenvalue weighted by Crippen LogP contribution is -2.07. The zero-order chi connectivity index (χ0) is 16.8. The number of ether oxygens (including phenoxy) is 1. The number of Topliss-reactive ketones (excluding diaryl/α,β-unsaturated/α-hetero) is 1. The summed E-state index contributed by atoms with van der Waals surface area (Å²) >= 11 is 0. The molecule has 23 heavy (non-hydrogen) atoms. The summed E-state index contributed by atoms with van der Waals surface area (Å²) in [5.41, 5.74) is 3.23. The number of aliphatic carboxylic acids is 1. The lowest BCUT2D eigenvalue weighted by molar-refractivity contribution is -0.136. The summed E-state index contributed by atoms with van der Waals surface area (Å²) in [6, 6.07) is 13.0. The molecule has 0 saturated carbocycles. The van der Waals surface area contributed by atoms with Crippen LogP contribution >= 0.6 is 0 Å². The molecule has 0 unspecified atom stereocenters. The van der Waals surface area contributed by atoms with E-state index in [1.807, 2.05) is 18.2 Å². The number of carbonyl (C=O) groups is 2. The van der Waals surface area contributed by atoms with Crippen molar-refractivity contribution in [2.45, 2.75) is 33.3 Å². The quantitative estimate of drug-likeness (QED) is 0.793. The first-order valence-corrected chi connectivity index (χ1v) is 7.56. The Morgan fingerprint density at radius 2 is 1.74 bits per heavy atom. The maximum absolute atomic E-state index is 11.6. The van der Waals surface area contributed by atoms with E-state index < -0.39 is 5.97 Å². The maximum atomic E-state index is 11.6. The van der Waals surface area contributed by atoms with E-state index in [-0.39, 0.29) is 12.2 Å². The fourth-order valence-electron chi connectivity index (χ4n) is 2.52. The minimum Gasteiger partial charge on any atom is -0.489 e. The van der Waals surface area contributed by atoms with Crippen LogP contribution in [0.1, 0.15) is 40.9 Å². The van der Waals surface area contributed by atoms with Crippen LogP contribution in [0.3, 0.4) is 0 Å². The molecule has 1 N–H and O–H groups in total. The fourth-order valence-corrected chi connectivity index (χ4v) is 2.52. The Morgan fingerprint density at radius 1 is 1.04 bits per heavy atom. The summed E-state index contributed by atoms with van der Waals surface area (Å²) in [7, 11) is 0. The molecule has 0 bridgehead atoms. The number of hydrogen-bond acceptors (Lipinski definition) is 3. The molecular formula is C19H20O4. The van der Waals surface area contributed by atoms with Crippen LogP contribution in [0.15, 0.2) is 42.5 Å². The standard InChI is InChI=1S/C19H20O4/c1-3-14-6-4-5-7-15(14)12-23-17-8-9-18(13(2)20)16(10-17)11-19(21)22/h4-10H,3,11-12H2,1-2H3,(H,21,22). The molecule has 120 valence electrons. The molecule has 2 aromatic carbocycles. The van der Waals surface area contributed by atoms with E-state index >= 15 is 0 Å². The van der Waals surface area contributed by atoms with Gasteiger partial charge in [-0.1, -0.05) is 31.2 Å². The summed E-state index contributed by atoms with van der Waals surface area (Å²) in [5.74, 6) is -0.553. The molecule has 0 amide bonds. The van der Waals surface area contributed by atoms with Gasteiger partial charge < -0.3 is 9.84 Å². The lowest BCUT2D eigenvalue weighted by Gasteiger charge is -2.12. The Bertz CT molecular complexity index is 719. The summed E-state index contributed by atoms with van der Waals surface area (Å²) in [6.07, 6.45) is 0.727. The van der Waals surface area contributed by atoms with Crippen LogP contribution in [0.4, 0.5) is 0 Å². The Kier molecular flexibility index (Phi) is 5.52. The number of carboxylic acids is 1. The Morgan fingerprint density at radius 3 is 2.35 bits per heavy atom. The Labute approximate surface area is 135 Å². The normalized spacial score (nSPS) is 10.3. The summed E-state index contributed by atoms with van der Waals surface area (Å²) in [4.78, 5) is 22.6. The highest BCUT2D eigenvalue weighted by Crippen LogP contribution is 2.21.